The van der Waals surface area contributed by atoms with Gasteiger partial charge in [-0.3, -0.25) is 14.5 Å². The van der Waals surface area contributed by atoms with E-state index in [9.17, 15) is 14.0 Å². The van der Waals surface area contributed by atoms with Gasteiger partial charge in [0.05, 0.1) is 16.8 Å². The van der Waals surface area contributed by atoms with Gasteiger partial charge in [0.1, 0.15) is 11.5 Å². The van der Waals surface area contributed by atoms with Crippen molar-refractivity contribution in [1.29, 1.82) is 0 Å². The molecular weight excluding hydrogens is 421 g/mol. The highest BCUT2D eigenvalue weighted by Gasteiger charge is 2.28. The Labute approximate surface area is 190 Å². The molecule has 0 aromatic heterocycles. The first-order valence-electron chi connectivity index (χ1n) is 10.9. The Kier molecular flexibility index (Phi) is 5.51. The van der Waals surface area contributed by atoms with Gasteiger partial charge in [-0.15, -0.1) is 0 Å². The average Bonchev–Trinajstić information content (AvgIpc) is 3.17. The number of para-hydroxylation sites is 1. The molecule has 2 aromatic rings. The highest BCUT2D eigenvalue weighted by Crippen LogP contribution is 2.24. The number of hydrogen-bond donors (Lipinski definition) is 0. The van der Waals surface area contributed by atoms with Crippen molar-refractivity contribution in [2.45, 2.75) is 6.54 Å². The van der Waals surface area contributed by atoms with Crippen LogP contribution in [0.25, 0.3) is 16.9 Å². The number of amides is 1. The van der Waals surface area contributed by atoms with Crippen LogP contribution in [0.5, 0.6) is 0 Å². The van der Waals surface area contributed by atoms with Crippen LogP contribution in [0.3, 0.4) is 0 Å². The lowest BCUT2D eigenvalue weighted by molar-refractivity contribution is 0.0628. The van der Waals surface area contributed by atoms with Crippen LogP contribution in [-0.2, 0) is 13.6 Å². The van der Waals surface area contributed by atoms with E-state index in [0.717, 1.165) is 18.7 Å². The number of fused-ring (bicyclic) bond motifs is 1. The van der Waals surface area contributed by atoms with E-state index in [1.54, 1.807) is 36.1 Å². The topological polar surface area (TPSA) is 63.4 Å². The van der Waals surface area contributed by atoms with Gasteiger partial charge in [0.15, 0.2) is 0 Å². The van der Waals surface area contributed by atoms with Gasteiger partial charge >= 0.3 is 0 Å². The monoisotopic (exact) mass is 445 g/mol. The number of aryl methyl sites for hydroxylation is 1. The van der Waals surface area contributed by atoms with Gasteiger partial charge in [-0.2, -0.15) is 9.78 Å². The van der Waals surface area contributed by atoms with Crippen LogP contribution in [0.15, 0.2) is 71.8 Å². The molecule has 5 rings (SSSR count). The molecule has 0 N–H and O–H groups in total. The van der Waals surface area contributed by atoms with E-state index in [-0.39, 0.29) is 17.3 Å². The lowest BCUT2D eigenvalue weighted by Gasteiger charge is -2.35. The van der Waals surface area contributed by atoms with Crippen LogP contribution >= 0.6 is 0 Å². The summed E-state index contributed by atoms with van der Waals surface area (Å²) in [5.74, 6) is -0.372. The summed E-state index contributed by atoms with van der Waals surface area (Å²) in [6.07, 6.45) is 3.44. The summed E-state index contributed by atoms with van der Waals surface area (Å²) in [5, 5.41) is 4.52. The van der Waals surface area contributed by atoms with Gasteiger partial charge in [-0.25, -0.2) is 4.39 Å². The average molecular weight is 445 g/mol. The number of piperazine rings is 1. The van der Waals surface area contributed by atoms with Crippen molar-refractivity contribution in [3.63, 3.8) is 0 Å². The van der Waals surface area contributed by atoms with Crippen LogP contribution in [0.4, 0.5) is 4.39 Å². The minimum Gasteiger partial charge on any atom is -0.356 e. The molecule has 8 heteroatoms. The van der Waals surface area contributed by atoms with Crippen LogP contribution in [0.1, 0.15) is 15.9 Å². The maximum absolute atomic E-state index is 13.4. The number of carbonyl (C=O) groups excluding carboxylic acids is 1. The zero-order valence-electron chi connectivity index (χ0n) is 18.3. The largest absolute Gasteiger partial charge is 0.356 e. The van der Waals surface area contributed by atoms with Crippen molar-refractivity contribution in [3.8, 4) is 16.9 Å². The molecule has 0 atom stereocenters. The first-order valence-corrected chi connectivity index (χ1v) is 10.9. The number of rotatable bonds is 4. The maximum Gasteiger partial charge on any atom is 0.282 e. The van der Waals surface area contributed by atoms with Crippen molar-refractivity contribution in [3.05, 3.63) is 94.3 Å². The molecule has 0 unspecified atom stereocenters. The molecule has 3 aliphatic rings. The molecule has 3 heterocycles. The van der Waals surface area contributed by atoms with Gasteiger partial charge in [0.2, 0.25) is 0 Å². The van der Waals surface area contributed by atoms with Gasteiger partial charge in [-0.05, 0) is 29.8 Å². The third-order valence-corrected chi connectivity index (χ3v) is 6.01. The summed E-state index contributed by atoms with van der Waals surface area (Å²) in [5.41, 5.74) is 2.72. The van der Waals surface area contributed by atoms with Gasteiger partial charge in [0.25, 0.3) is 11.5 Å². The molecule has 0 aliphatic carbocycles. The highest BCUT2D eigenvalue weighted by molar-refractivity contribution is 6.00. The van der Waals surface area contributed by atoms with Crippen molar-refractivity contribution in [1.82, 2.24) is 24.1 Å². The van der Waals surface area contributed by atoms with E-state index in [1.165, 1.54) is 16.8 Å². The summed E-state index contributed by atoms with van der Waals surface area (Å²) >= 11 is 0. The van der Waals surface area contributed by atoms with E-state index in [0.29, 0.717) is 42.1 Å². The number of hydrogen-bond acceptors (Lipinski definition) is 4. The summed E-state index contributed by atoms with van der Waals surface area (Å²) in [4.78, 5) is 30.5. The fourth-order valence-electron chi connectivity index (χ4n) is 4.26. The first kappa shape index (κ1) is 21.1. The highest BCUT2D eigenvalue weighted by atomic mass is 19.1. The second kappa shape index (κ2) is 8.63. The van der Waals surface area contributed by atoms with Crippen LogP contribution in [0, 0.1) is 5.82 Å². The van der Waals surface area contributed by atoms with Gasteiger partial charge in [0, 0.05) is 52.2 Å². The summed E-state index contributed by atoms with van der Waals surface area (Å²) < 4.78 is 16.2. The van der Waals surface area contributed by atoms with Gasteiger partial charge in [-0.1, -0.05) is 30.3 Å². The smallest absolute Gasteiger partial charge is 0.282 e. The SMILES string of the molecule is Cn1cc(C(=O)N2CCN(Cc3ccc(F)cc3)CC2)c2nn(-c3ccccc3)c(=O)c-2c1. The number of carbonyl (C=O) groups is 1. The Hall–Kier alpha value is -3.78. The van der Waals surface area contributed by atoms with Crippen LogP contribution in [-0.4, -0.2) is 56.2 Å². The Bertz CT molecular complexity index is 1310. The zero-order chi connectivity index (χ0) is 22.9. The van der Waals surface area contributed by atoms with E-state index >= 15 is 0 Å². The summed E-state index contributed by atoms with van der Waals surface area (Å²) in [6.45, 7) is 3.30. The fraction of sp³-hybridized carbons (Fsp3) is 0.240. The maximum atomic E-state index is 13.4. The standard InChI is InChI=1S/C25H24FN5O2/c1-28-16-21(23-22(17-28)25(33)31(27-23)20-5-3-2-4-6-20)24(32)30-13-11-29(12-14-30)15-18-7-9-19(26)10-8-18/h2-10,16-17H,11-15H2,1H3. The molecule has 0 bridgehead atoms. The molecule has 7 nitrogen and oxygen atoms in total. The van der Waals surface area contributed by atoms with Crippen molar-refractivity contribution < 1.29 is 9.18 Å². The molecule has 2 aromatic carbocycles. The number of benzene rings is 2. The fourth-order valence-corrected chi connectivity index (χ4v) is 4.26. The molecule has 168 valence electrons. The van der Waals surface area contributed by atoms with E-state index < -0.39 is 0 Å². The number of nitrogens with zero attached hydrogens (tertiary/aromatic N) is 5. The molecule has 0 spiro atoms. The van der Waals surface area contributed by atoms with Crippen molar-refractivity contribution in [2.24, 2.45) is 7.05 Å². The lowest BCUT2D eigenvalue weighted by Crippen LogP contribution is -2.48. The molecule has 0 radical (unpaired) electrons. The predicted molar refractivity (Wildman–Crippen MR) is 123 cm³/mol. The van der Waals surface area contributed by atoms with Crippen molar-refractivity contribution >= 4 is 5.91 Å². The molecule has 3 aliphatic heterocycles. The minimum atomic E-state index is -0.245. The molecule has 0 saturated carbocycles. The predicted octanol–water partition coefficient (Wildman–Crippen LogP) is 2.77. The first-order chi connectivity index (χ1) is 16.0. The van der Waals surface area contributed by atoms with E-state index in [2.05, 4.69) is 10.00 Å². The Morgan fingerprint density at radius 2 is 1.67 bits per heavy atom. The van der Waals surface area contributed by atoms with E-state index in [1.807, 2.05) is 35.2 Å². The van der Waals surface area contributed by atoms with Crippen LogP contribution in [0.2, 0.25) is 0 Å². The number of aromatic nitrogens is 3. The Morgan fingerprint density at radius 3 is 2.36 bits per heavy atom. The van der Waals surface area contributed by atoms with Crippen molar-refractivity contribution in [2.75, 3.05) is 26.2 Å². The second-order valence-electron chi connectivity index (χ2n) is 8.35. The Morgan fingerprint density at radius 1 is 0.970 bits per heavy atom. The zero-order valence-corrected chi connectivity index (χ0v) is 18.3. The van der Waals surface area contributed by atoms with E-state index in [4.69, 9.17) is 0 Å². The number of pyridine rings is 1. The molecular formula is C25H24FN5O2. The van der Waals surface area contributed by atoms with Gasteiger partial charge < -0.3 is 9.47 Å². The molecule has 33 heavy (non-hydrogen) atoms. The molecule has 1 saturated heterocycles. The second-order valence-corrected chi connectivity index (χ2v) is 8.35. The molecule has 1 amide bonds. The normalized spacial score (nSPS) is 14.7. The number of halogens is 1. The lowest BCUT2D eigenvalue weighted by atomic mass is 10.1. The molecule has 1 fully saturated rings. The summed E-state index contributed by atoms with van der Waals surface area (Å²) in [7, 11) is 1.80. The third-order valence-electron chi connectivity index (χ3n) is 6.01. The quantitative estimate of drug-likeness (QED) is 0.485. The van der Waals surface area contributed by atoms with Crippen LogP contribution < -0.4 is 5.56 Å². The minimum absolute atomic E-state index is 0.129. The third kappa shape index (κ3) is 4.17. The Balaban J connectivity index is 1.36. The summed E-state index contributed by atoms with van der Waals surface area (Å²) in [6, 6.07) is 15.7.